The van der Waals surface area contributed by atoms with Crippen LogP contribution in [-0.4, -0.2) is 29.3 Å². The molecule has 1 saturated heterocycles. The standard InChI is InChI=1S/C11H10BrCl2NO/c12-7-1-2-10(14)9(5-7)11(16)15-4-3-8(13)6-15/h1-2,5,8H,3-4,6H2. The zero-order valence-corrected chi connectivity index (χ0v) is 11.5. The van der Waals surface area contributed by atoms with Crippen molar-refractivity contribution in [1.29, 1.82) is 0 Å². The molecule has 5 heteroatoms. The first-order valence-electron chi connectivity index (χ1n) is 4.96. The van der Waals surface area contributed by atoms with E-state index in [1.807, 2.05) is 6.07 Å². The van der Waals surface area contributed by atoms with E-state index >= 15 is 0 Å². The molecule has 0 N–H and O–H groups in total. The highest BCUT2D eigenvalue weighted by Gasteiger charge is 2.26. The molecule has 0 aromatic heterocycles. The summed E-state index contributed by atoms with van der Waals surface area (Å²) >= 11 is 15.3. The molecule has 1 unspecified atom stereocenters. The molecule has 86 valence electrons. The van der Waals surface area contributed by atoms with Gasteiger partial charge in [-0.1, -0.05) is 27.5 Å². The first-order valence-corrected chi connectivity index (χ1v) is 6.57. The molecule has 1 aliphatic heterocycles. The van der Waals surface area contributed by atoms with Crippen LogP contribution < -0.4 is 0 Å². The lowest BCUT2D eigenvalue weighted by Gasteiger charge is -2.16. The Morgan fingerprint density at radius 3 is 2.88 bits per heavy atom. The quantitative estimate of drug-likeness (QED) is 0.724. The van der Waals surface area contributed by atoms with Gasteiger partial charge >= 0.3 is 0 Å². The van der Waals surface area contributed by atoms with E-state index in [9.17, 15) is 4.79 Å². The molecule has 1 heterocycles. The Morgan fingerprint density at radius 2 is 2.25 bits per heavy atom. The molecule has 1 amide bonds. The van der Waals surface area contributed by atoms with Crippen LogP contribution in [0.15, 0.2) is 22.7 Å². The lowest BCUT2D eigenvalue weighted by atomic mass is 10.2. The van der Waals surface area contributed by atoms with Gasteiger partial charge in [0, 0.05) is 17.6 Å². The average molecular weight is 323 g/mol. The molecule has 1 aromatic carbocycles. The molecule has 0 aliphatic carbocycles. The summed E-state index contributed by atoms with van der Waals surface area (Å²) in [5, 5.41) is 0.543. The summed E-state index contributed by atoms with van der Waals surface area (Å²) in [6, 6.07) is 5.27. The summed E-state index contributed by atoms with van der Waals surface area (Å²) in [6.07, 6.45) is 0.846. The molecule has 0 radical (unpaired) electrons. The van der Waals surface area contributed by atoms with Crippen LogP contribution in [0.2, 0.25) is 5.02 Å². The molecule has 1 aliphatic rings. The second-order valence-electron chi connectivity index (χ2n) is 3.76. The SMILES string of the molecule is O=C(c1cc(Br)ccc1Cl)N1CCC(Cl)C1. The number of carbonyl (C=O) groups excluding carboxylic acids is 1. The van der Waals surface area contributed by atoms with Crippen LogP contribution in [0, 0.1) is 0 Å². The maximum atomic E-state index is 12.1. The zero-order chi connectivity index (χ0) is 11.7. The Labute approximate surface area is 113 Å². The van der Waals surface area contributed by atoms with Crippen molar-refractivity contribution < 1.29 is 4.79 Å². The van der Waals surface area contributed by atoms with Gasteiger partial charge in [-0.25, -0.2) is 0 Å². The Morgan fingerprint density at radius 1 is 1.50 bits per heavy atom. The number of halogens is 3. The molecule has 1 fully saturated rings. The van der Waals surface area contributed by atoms with Crippen molar-refractivity contribution in [2.75, 3.05) is 13.1 Å². The van der Waals surface area contributed by atoms with E-state index in [2.05, 4.69) is 15.9 Å². The first-order chi connectivity index (χ1) is 7.58. The van der Waals surface area contributed by atoms with E-state index in [-0.39, 0.29) is 11.3 Å². The van der Waals surface area contributed by atoms with Crippen molar-refractivity contribution in [2.45, 2.75) is 11.8 Å². The fourth-order valence-corrected chi connectivity index (χ4v) is 2.56. The maximum Gasteiger partial charge on any atom is 0.255 e. The van der Waals surface area contributed by atoms with Crippen LogP contribution in [0.25, 0.3) is 0 Å². The van der Waals surface area contributed by atoms with Gasteiger partial charge < -0.3 is 4.90 Å². The van der Waals surface area contributed by atoms with Crippen LogP contribution in [-0.2, 0) is 0 Å². The molecule has 16 heavy (non-hydrogen) atoms. The molecule has 2 rings (SSSR count). The van der Waals surface area contributed by atoms with Gasteiger partial charge in [0.15, 0.2) is 0 Å². The molecule has 0 spiro atoms. The predicted octanol–water partition coefficient (Wildman–Crippen LogP) is 3.56. The van der Waals surface area contributed by atoms with Crippen LogP contribution in [0.3, 0.4) is 0 Å². The number of carbonyl (C=O) groups is 1. The molecule has 2 nitrogen and oxygen atoms in total. The monoisotopic (exact) mass is 321 g/mol. The molecule has 0 saturated carbocycles. The molecule has 1 atom stereocenters. The minimum atomic E-state index is -0.0468. The minimum Gasteiger partial charge on any atom is -0.337 e. The second kappa shape index (κ2) is 4.94. The predicted molar refractivity (Wildman–Crippen MR) is 69.3 cm³/mol. The maximum absolute atomic E-state index is 12.1. The number of rotatable bonds is 1. The first kappa shape index (κ1) is 12.2. The number of benzene rings is 1. The van der Waals surface area contributed by atoms with E-state index in [4.69, 9.17) is 23.2 Å². The van der Waals surface area contributed by atoms with Gasteiger partial charge in [0.2, 0.25) is 0 Å². The highest BCUT2D eigenvalue weighted by atomic mass is 79.9. The van der Waals surface area contributed by atoms with E-state index < -0.39 is 0 Å². The summed E-state index contributed by atoms with van der Waals surface area (Å²) in [5.41, 5.74) is 0.529. The van der Waals surface area contributed by atoms with Crippen molar-refractivity contribution in [2.24, 2.45) is 0 Å². The van der Waals surface area contributed by atoms with Crippen molar-refractivity contribution in [1.82, 2.24) is 4.90 Å². The third-order valence-electron chi connectivity index (χ3n) is 2.58. The van der Waals surface area contributed by atoms with Gasteiger partial charge in [0.1, 0.15) is 0 Å². The Bertz CT molecular complexity index is 424. The van der Waals surface area contributed by atoms with E-state index in [1.165, 1.54) is 0 Å². The lowest BCUT2D eigenvalue weighted by Crippen LogP contribution is -2.29. The third kappa shape index (κ3) is 2.53. The summed E-state index contributed by atoms with van der Waals surface area (Å²) in [6.45, 7) is 1.30. The molecule has 1 aromatic rings. The lowest BCUT2D eigenvalue weighted by molar-refractivity contribution is 0.0793. The molecule has 0 bridgehead atoms. The fraction of sp³-hybridized carbons (Fsp3) is 0.364. The van der Waals surface area contributed by atoms with Gasteiger partial charge in [-0.05, 0) is 24.6 Å². The number of hydrogen-bond acceptors (Lipinski definition) is 1. The topological polar surface area (TPSA) is 20.3 Å². The van der Waals surface area contributed by atoms with Gasteiger partial charge in [-0.2, -0.15) is 0 Å². The number of hydrogen-bond donors (Lipinski definition) is 0. The Balaban J connectivity index is 2.23. The van der Waals surface area contributed by atoms with E-state index in [0.717, 1.165) is 10.9 Å². The highest BCUT2D eigenvalue weighted by Crippen LogP contribution is 2.24. The van der Waals surface area contributed by atoms with Crippen LogP contribution >= 0.6 is 39.1 Å². The van der Waals surface area contributed by atoms with Crippen molar-refractivity contribution in [3.8, 4) is 0 Å². The zero-order valence-electron chi connectivity index (χ0n) is 8.42. The van der Waals surface area contributed by atoms with Crippen LogP contribution in [0.4, 0.5) is 0 Å². The third-order valence-corrected chi connectivity index (χ3v) is 3.76. The normalized spacial score (nSPS) is 20.2. The number of alkyl halides is 1. The number of amides is 1. The summed E-state index contributed by atoms with van der Waals surface area (Å²) < 4.78 is 0.849. The minimum absolute atomic E-state index is 0.0468. The average Bonchev–Trinajstić information content (AvgIpc) is 2.67. The van der Waals surface area contributed by atoms with Crippen LogP contribution in [0.1, 0.15) is 16.8 Å². The van der Waals surface area contributed by atoms with Gasteiger partial charge in [0.25, 0.3) is 5.91 Å². The fourth-order valence-electron chi connectivity index (χ4n) is 1.73. The largest absolute Gasteiger partial charge is 0.337 e. The Kier molecular flexibility index (Phi) is 3.77. The van der Waals surface area contributed by atoms with E-state index in [0.29, 0.717) is 23.7 Å². The van der Waals surface area contributed by atoms with Crippen molar-refractivity contribution in [3.63, 3.8) is 0 Å². The van der Waals surface area contributed by atoms with Gasteiger partial charge in [-0.15, -0.1) is 11.6 Å². The van der Waals surface area contributed by atoms with Gasteiger partial charge in [-0.3, -0.25) is 4.79 Å². The number of nitrogens with zero attached hydrogens (tertiary/aromatic N) is 1. The van der Waals surface area contributed by atoms with Crippen LogP contribution in [0.5, 0.6) is 0 Å². The second-order valence-corrected chi connectivity index (χ2v) is 5.70. The van der Waals surface area contributed by atoms with E-state index in [1.54, 1.807) is 17.0 Å². The summed E-state index contributed by atoms with van der Waals surface area (Å²) in [7, 11) is 0. The smallest absolute Gasteiger partial charge is 0.255 e. The summed E-state index contributed by atoms with van der Waals surface area (Å²) in [4.78, 5) is 13.9. The Hall–Kier alpha value is -0.250. The number of likely N-dealkylation sites (tertiary alicyclic amines) is 1. The van der Waals surface area contributed by atoms with Crippen molar-refractivity contribution in [3.05, 3.63) is 33.3 Å². The highest BCUT2D eigenvalue weighted by molar-refractivity contribution is 9.10. The molecular weight excluding hydrogens is 313 g/mol. The van der Waals surface area contributed by atoms with Crippen molar-refractivity contribution >= 4 is 45.0 Å². The van der Waals surface area contributed by atoms with Gasteiger partial charge in [0.05, 0.1) is 16.0 Å². The summed E-state index contributed by atoms with van der Waals surface area (Å²) in [5.74, 6) is -0.0468. The molecular formula is C11H10BrCl2NO.